The molecular weight excluding hydrogens is 308 g/mol. The molecule has 1 fully saturated rings. The molecule has 2 aromatic heterocycles. The van der Waals surface area contributed by atoms with Crippen LogP contribution in [0.3, 0.4) is 0 Å². The molecule has 128 valence electrons. The average molecular weight is 330 g/mol. The standard InChI is InChI=1S/C16H22N6O2/c1-3-15-17-7-13(8-18-15)20-16(23)21-4-5-24-14(10-21)11-22-9-12(2)6-19-22/h6-9,14H,3-5,10-11H2,1-2H3,(H,20,23). The maximum absolute atomic E-state index is 12.4. The number of morpholine rings is 1. The molecule has 2 aromatic rings. The molecule has 3 rings (SSSR count). The molecule has 0 spiro atoms. The monoisotopic (exact) mass is 330 g/mol. The number of hydrogen-bond acceptors (Lipinski definition) is 5. The van der Waals surface area contributed by atoms with E-state index in [0.29, 0.717) is 31.9 Å². The molecule has 1 unspecified atom stereocenters. The second-order valence-electron chi connectivity index (χ2n) is 5.85. The second-order valence-corrected chi connectivity index (χ2v) is 5.85. The van der Waals surface area contributed by atoms with E-state index in [1.807, 2.05) is 30.9 Å². The fraction of sp³-hybridized carbons (Fsp3) is 0.500. The maximum atomic E-state index is 12.4. The van der Waals surface area contributed by atoms with E-state index in [-0.39, 0.29) is 12.1 Å². The molecule has 8 nitrogen and oxygen atoms in total. The van der Waals surface area contributed by atoms with Crippen molar-refractivity contribution in [3.8, 4) is 0 Å². The summed E-state index contributed by atoms with van der Waals surface area (Å²) in [6.45, 7) is 6.22. The molecule has 1 aliphatic rings. The quantitative estimate of drug-likeness (QED) is 0.918. The first-order chi connectivity index (χ1) is 11.6. The molecule has 0 aliphatic carbocycles. The van der Waals surface area contributed by atoms with Crippen LogP contribution in [0.2, 0.25) is 0 Å². The summed E-state index contributed by atoms with van der Waals surface area (Å²) in [7, 11) is 0. The Labute approximate surface area is 140 Å². The Balaban J connectivity index is 1.56. The molecule has 3 heterocycles. The largest absolute Gasteiger partial charge is 0.373 e. The Kier molecular flexibility index (Phi) is 5.05. The van der Waals surface area contributed by atoms with Gasteiger partial charge in [-0.2, -0.15) is 5.10 Å². The lowest BCUT2D eigenvalue weighted by Gasteiger charge is -2.32. The number of nitrogens with one attached hydrogen (secondary N) is 1. The predicted octanol–water partition coefficient (Wildman–Crippen LogP) is 1.48. The van der Waals surface area contributed by atoms with Crippen molar-refractivity contribution in [3.63, 3.8) is 0 Å². The van der Waals surface area contributed by atoms with E-state index < -0.39 is 0 Å². The summed E-state index contributed by atoms with van der Waals surface area (Å²) in [5, 5.41) is 7.10. The summed E-state index contributed by atoms with van der Waals surface area (Å²) in [6.07, 6.45) is 7.75. The van der Waals surface area contributed by atoms with Gasteiger partial charge in [0.05, 0.1) is 50.1 Å². The number of carbonyl (C=O) groups is 1. The first kappa shape index (κ1) is 16.4. The molecule has 24 heavy (non-hydrogen) atoms. The Hall–Kier alpha value is -2.48. The van der Waals surface area contributed by atoms with Crippen LogP contribution in [0.25, 0.3) is 0 Å². The number of carbonyl (C=O) groups excluding carboxylic acids is 1. The van der Waals surface area contributed by atoms with E-state index in [0.717, 1.165) is 17.8 Å². The van der Waals surface area contributed by atoms with E-state index in [1.165, 1.54) is 0 Å². The number of hydrogen-bond donors (Lipinski definition) is 1. The zero-order valence-corrected chi connectivity index (χ0v) is 14.0. The number of aromatic nitrogens is 4. The lowest BCUT2D eigenvalue weighted by Crippen LogP contribution is -2.48. The lowest BCUT2D eigenvalue weighted by atomic mass is 10.3. The number of nitrogens with zero attached hydrogens (tertiary/aromatic N) is 5. The molecule has 8 heteroatoms. The van der Waals surface area contributed by atoms with Crippen LogP contribution in [-0.2, 0) is 17.7 Å². The highest BCUT2D eigenvalue weighted by molar-refractivity contribution is 5.89. The smallest absolute Gasteiger partial charge is 0.322 e. The molecule has 1 N–H and O–H groups in total. The molecule has 0 radical (unpaired) electrons. The van der Waals surface area contributed by atoms with Crippen molar-refractivity contribution >= 4 is 11.7 Å². The van der Waals surface area contributed by atoms with E-state index in [9.17, 15) is 4.79 Å². The van der Waals surface area contributed by atoms with Gasteiger partial charge in [-0.05, 0) is 12.5 Å². The van der Waals surface area contributed by atoms with Gasteiger partial charge in [0, 0.05) is 19.2 Å². The SMILES string of the molecule is CCc1ncc(NC(=O)N2CCOC(Cn3cc(C)cn3)C2)cn1. The van der Waals surface area contributed by atoms with Crippen LogP contribution in [0.15, 0.2) is 24.8 Å². The van der Waals surface area contributed by atoms with E-state index in [4.69, 9.17) is 4.74 Å². The number of anilines is 1. The van der Waals surface area contributed by atoms with Crippen molar-refractivity contribution in [2.45, 2.75) is 32.9 Å². The highest BCUT2D eigenvalue weighted by Gasteiger charge is 2.25. The fourth-order valence-corrected chi connectivity index (χ4v) is 2.59. The molecule has 0 bridgehead atoms. The minimum atomic E-state index is -0.159. The Morgan fingerprint density at radius 1 is 1.38 bits per heavy atom. The maximum Gasteiger partial charge on any atom is 0.322 e. The third-order valence-corrected chi connectivity index (χ3v) is 3.85. The average Bonchev–Trinajstić information content (AvgIpc) is 3.00. The van der Waals surface area contributed by atoms with Gasteiger partial charge in [0.1, 0.15) is 5.82 Å². The Bertz CT molecular complexity index is 684. The molecule has 0 saturated carbocycles. The van der Waals surface area contributed by atoms with Crippen molar-refractivity contribution in [1.82, 2.24) is 24.6 Å². The van der Waals surface area contributed by atoms with Crippen LogP contribution in [0, 0.1) is 6.92 Å². The summed E-state index contributed by atoms with van der Waals surface area (Å²) in [4.78, 5) is 22.5. The van der Waals surface area contributed by atoms with Gasteiger partial charge in [-0.3, -0.25) is 4.68 Å². The van der Waals surface area contributed by atoms with Crippen molar-refractivity contribution in [3.05, 3.63) is 36.2 Å². The van der Waals surface area contributed by atoms with Crippen molar-refractivity contribution in [1.29, 1.82) is 0 Å². The lowest BCUT2D eigenvalue weighted by molar-refractivity contribution is -0.0219. The van der Waals surface area contributed by atoms with Crippen LogP contribution in [0.1, 0.15) is 18.3 Å². The van der Waals surface area contributed by atoms with Gasteiger partial charge in [0.25, 0.3) is 0 Å². The minimum Gasteiger partial charge on any atom is -0.373 e. The van der Waals surface area contributed by atoms with Crippen molar-refractivity contribution in [2.24, 2.45) is 0 Å². The third-order valence-electron chi connectivity index (χ3n) is 3.85. The van der Waals surface area contributed by atoms with Gasteiger partial charge in [0.2, 0.25) is 0 Å². The number of urea groups is 1. The summed E-state index contributed by atoms with van der Waals surface area (Å²) in [5.41, 5.74) is 1.71. The van der Waals surface area contributed by atoms with Gasteiger partial charge in [-0.15, -0.1) is 0 Å². The minimum absolute atomic E-state index is 0.0671. The number of ether oxygens (including phenoxy) is 1. The summed E-state index contributed by atoms with van der Waals surface area (Å²) in [5.74, 6) is 0.758. The molecule has 2 amide bonds. The fourth-order valence-electron chi connectivity index (χ4n) is 2.59. The van der Waals surface area contributed by atoms with Crippen LogP contribution >= 0.6 is 0 Å². The van der Waals surface area contributed by atoms with Gasteiger partial charge in [-0.1, -0.05) is 6.92 Å². The molecule has 1 atom stereocenters. The first-order valence-electron chi connectivity index (χ1n) is 8.11. The first-order valence-corrected chi connectivity index (χ1v) is 8.11. The van der Waals surface area contributed by atoms with Gasteiger partial charge >= 0.3 is 6.03 Å². The molecule has 1 saturated heterocycles. The van der Waals surface area contributed by atoms with E-state index in [1.54, 1.807) is 17.3 Å². The van der Waals surface area contributed by atoms with Crippen molar-refractivity contribution < 1.29 is 9.53 Å². The normalized spacial score (nSPS) is 17.8. The van der Waals surface area contributed by atoms with Crippen LogP contribution in [0.5, 0.6) is 0 Å². The van der Waals surface area contributed by atoms with E-state index in [2.05, 4.69) is 20.4 Å². The van der Waals surface area contributed by atoms with Gasteiger partial charge in [0.15, 0.2) is 0 Å². The van der Waals surface area contributed by atoms with Crippen LogP contribution < -0.4 is 5.32 Å². The molecular formula is C16H22N6O2. The van der Waals surface area contributed by atoms with Gasteiger partial charge < -0.3 is 15.0 Å². The summed E-state index contributed by atoms with van der Waals surface area (Å²) < 4.78 is 7.59. The van der Waals surface area contributed by atoms with Crippen LogP contribution in [-0.4, -0.2) is 56.5 Å². The van der Waals surface area contributed by atoms with Gasteiger partial charge in [-0.25, -0.2) is 14.8 Å². The third kappa shape index (κ3) is 4.08. The molecule has 0 aromatic carbocycles. The zero-order chi connectivity index (χ0) is 16.9. The van der Waals surface area contributed by atoms with Crippen LogP contribution in [0.4, 0.5) is 10.5 Å². The van der Waals surface area contributed by atoms with Crippen molar-refractivity contribution in [2.75, 3.05) is 25.0 Å². The highest BCUT2D eigenvalue weighted by Crippen LogP contribution is 2.11. The summed E-state index contributed by atoms with van der Waals surface area (Å²) in [6, 6.07) is -0.159. The topological polar surface area (TPSA) is 85.2 Å². The Morgan fingerprint density at radius 2 is 2.17 bits per heavy atom. The second kappa shape index (κ2) is 7.39. The predicted molar refractivity (Wildman–Crippen MR) is 88.7 cm³/mol. The Morgan fingerprint density at radius 3 is 2.83 bits per heavy atom. The van der Waals surface area contributed by atoms with E-state index >= 15 is 0 Å². The highest BCUT2D eigenvalue weighted by atomic mass is 16.5. The number of aryl methyl sites for hydroxylation is 2. The zero-order valence-electron chi connectivity index (χ0n) is 14.0. The summed E-state index contributed by atoms with van der Waals surface area (Å²) >= 11 is 0. The molecule has 1 aliphatic heterocycles. The number of amides is 2. The number of rotatable bonds is 4.